The SMILES string of the molecule is COc1ccc2nc(N3C(=O)C(=O)/C(=C(/O)c4ccc(OC(C)C)c(C)c4)C3c3ccc(N(C)C)cc3)[nH]c2c1. The van der Waals surface area contributed by atoms with Gasteiger partial charge in [-0.25, -0.2) is 4.98 Å². The van der Waals surface area contributed by atoms with Gasteiger partial charge in [0.2, 0.25) is 5.95 Å². The molecule has 0 bridgehead atoms. The summed E-state index contributed by atoms with van der Waals surface area (Å²) in [6.45, 7) is 5.74. The van der Waals surface area contributed by atoms with Crippen molar-refractivity contribution in [1.82, 2.24) is 9.97 Å². The van der Waals surface area contributed by atoms with Gasteiger partial charge in [-0.2, -0.15) is 0 Å². The van der Waals surface area contributed by atoms with E-state index in [0.29, 0.717) is 33.7 Å². The Kier molecular flexibility index (Phi) is 6.97. The number of aromatic amines is 1. The molecule has 1 aromatic heterocycles. The highest BCUT2D eigenvalue weighted by molar-refractivity contribution is 6.51. The smallest absolute Gasteiger partial charge is 0.302 e. The number of fused-ring (bicyclic) bond motifs is 1. The number of aryl methyl sites for hydroxylation is 1. The zero-order valence-corrected chi connectivity index (χ0v) is 23.4. The van der Waals surface area contributed by atoms with E-state index < -0.39 is 17.7 Å². The van der Waals surface area contributed by atoms with Crippen molar-refractivity contribution in [2.24, 2.45) is 0 Å². The van der Waals surface area contributed by atoms with Gasteiger partial charge in [0.05, 0.1) is 35.9 Å². The Morgan fingerprint density at radius 2 is 1.77 bits per heavy atom. The highest BCUT2D eigenvalue weighted by Crippen LogP contribution is 2.42. The van der Waals surface area contributed by atoms with Crippen molar-refractivity contribution in [2.75, 3.05) is 31.0 Å². The average molecular weight is 541 g/mol. The van der Waals surface area contributed by atoms with Crippen molar-refractivity contribution in [3.05, 3.63) is 82.9 Å². The number of Topliss-reactive ketones (excluding diaryl/α,β-unsaturated/α-hetero) is 1. The number of aliphatic hydroxyl groups is 1. The maximum absolute atomic E-state index is 13.6. The number of carbonyl (C=O) groups excluding carboxylic acids is 2. The molecule has 0 aliphatic carbocycles. The number of nitrogens with one attached hydrogen (secondary N) is 1. The first-order valence-corrected chi connectivity index (χ1v) is 13.0. The Morgan fingerprint density at radius 1 is 1.05 bits per heavy atom. The molecule has 4 aromatic rings. The van der Waals surface area contributed by atoms with Gasteiger partial charge in [0.25, 0.3) is 5.78 Å². The predicted molar refractivity (Wildman–Crippen MR) is 155 cm³/mol. The van der Waals surface area contributed by atoms with Crippen molar-refractivity contribution in [1.29, 1.82) is 0 Å². The van der Waals surface area contributed by atoms with Crippen LogP contribution in [-0.2, 0) is 9.59 Å². The summed E-state index contributed by atoms with van der Waals surface area (Å²) >= 11 is 0. The number of aliphatic hydroxyl groups excluding tert-OH is 1. The number of imidazole rings is 1. The van der Waals surface area contributed by atoms with E-state index in [1.54, 1.807) is 43.5 Å². The number of nitrogens with zero attached hydrogens (tertiary/aromatic N) is 3. The van der Waals surface area contributed by atoms with Crippen molar-refractivity contribution in [2.45, 2.75) is 32.9 Å². The fourth-order valence-corrected chi connectivity index (χ4v) is 4.88. The van der Waals surface area contributed by atoms with Crippen LogP contribution in [0.5, 0.6) is 11.5 Å². The number of benzene rings is 3. The van der Waals surface area contributed by atoms with Crippen LogP contribution < -0.4 is 19.3 Å². The lowest BCUT2D eigenvalue weighted by molar-refractivity contribution is -0.132. The predicted octanol–water partition coefficient (Wildman–Crippen LogP) is 5.36. The Balaban J connectivity index is 1.67. The van der Waals surface area contributed by atoms with Crippen molar-refractivity contribution in [3.8, 4) is 11.5 Å². The maximum atomic E-state index is 13.6. The summed E-state index contributed by atoms with van der Waals surface area (Å²) in [4.78, 5) is 38.2. The first-order valence-electron chi connectivity index (χ1n) is 13.0. The van der Waals surface area contributed by atoms with E-state index in [9.17, 15) is 14.7 Å². The average Bonchev–Trinajstić information content (AvgIpc) is 3.46. The number of H-pyrrole nitrogens is 1. The summed E-state index contributed by atoms with van der Waals surface area (Å²) in [5, 5.41) is 11.5. The summed E-state index contributed by atoms with van der Waals surface area (Å²) in [6, 6.07) is 17.1. The van der Waals surface area contributed by atoms with Crippen LogP contribution in [0.3, 0.4) is 0 Å². The molecule has 1 amide bonds. The van der Waals surface area contributed by atoms with Crippen LogP contribution in [-0.4, -0.2) is 54.1 Å². The van der Waals surface area contributed by atoms with Crippen LogP contribution in [0.2, 0.25) is 0 Å². The summed E-state index contributed by atoms with van der Waals surface area (Å²) < 4.78 is 11.1. The molecule has 2 heterocycles. The zero-order valence-electron chi connectivity index (χ0n) is 23.4. The third-order valence-electron chi connectivity index (χ3n) is 6.89. The fourth-order valence-electron chi connectivity index (χ4n) is 4.88. The van der Waals surface area contributed by atoms with Gasteiger partial charge in [-0.15, -0.1) is 0 Å². The summed E-state index contributed by atoms with van der Waals surface area (Å²) in [5.41, 5.74) is 4.05. The normalized spacial score (nSPS) is 16.7. The number of anilines is 2. The van der Waals surface area contributed by atoms with E-state index in [1.807, 2.05) is 64.0 Å². The number of ether oxygens (including phenoxy) is 2. The topological polar surface area (TPSA) is 108 Å². The number of rotatable bonds is 7. The molecule has 0 radical (unpaired) electrons. The van der Waals surface area contributed by atoms with Gasteiger partial charge in [0, 0.05) is 31.4 Å². The molecule has 2 N–H and O–H groups in total. The first-order chi connectivity index (χ1) is 19.1. The molecule has 40 heavy (non-hydrogen) atoms. The molecule has 1 aliphatic heterocycles. The fraction of sp³-hybridized carbons (Fsp3) is 0.258. The molecule has 206 valence electrons. The second kappa shape index (κ2) is 10.4. The first kappa shape index (κ1) is 26.8. The van der Waals surface area contributed by atoms with Gasteiger partial charge >= 0.3 is 5.91 Å². The number of amides is 1. The highest BCUT2D eigenvalue weighted by atomic mass is 16.5. The Labute approximate surface area is 232 Å². The van der Waals surface area contributed by atoms with Crippen LogP contribution in [0.4, 0.5) is 11.6 Å². The lowest BCUT2D eigenvalue weighted by Crippen LogP contribution is -2.30. The molecule has 1 saturated heterocycles. The maximum Gasteiger partial charge on any atom is 0.302 e. The second-order valence-electron chi connectivity index (χ2n) is 10.2. The van der Waals surface area contributed by atoms with E-state index >= 15 is 0 Å². The van der Waals surface area contributed by atoms with Crippen molar-refractivity contribution >= 4 is 40.1 Å². The molecule has 0 saturated carbocycles. The van der Waals surface area contributed by atoms with Gasteiger partial charge in [0.15, 0.2) is 0 Å². The number of ketones is 1. The van der Waals surface area contributed by atoms with E-state index in [1.165, 1.54) is 4.90 Å². The summed E-state index contributed by atoms with van der Waals surface area (Å²) in [5.74, 6) is -0.341. The van der Waals surface area contributed by atoms with Crippen LogP contribution in [0, 0.1) is 6.92 Å². The van der Waals surface area contributed by atoms with Crippen LogP contribution in [0.25, 0.3) is 16.8 Å². The number of methoxy groups -OCH3 is 1. The summed E-state index contributed by atoms with van der Waals surface area (Å²) in [6.07, 6.45) is -0.0163. The van der Waals surface area contributed by atoms with Crippen LogP contribution >= 0.6 is 0 Å². The van der Waals surface area contributed by atoms with Crippen molar-refractivity contribution < 1.29 is 24.2 Å². The number of aromatic nitrogens is 2. The third kappa shape index (κ3) is 4.75. The molecule has 3 aromatic carbocycles. The molecule has 1 fully saturated rings. The lowest BCUT2D eigenvalue weighted by Gasteiger charge is -2.24. The van der Waals surface area contributed by atoms with Gasteiger partial charge < -0.3 is 24.5 Å². The van der Waals surface area contributed by atoms with Gasteiger partial charge in [0.1, 0.15) is 17.3 Å². The lowest BCUT2D eigenvalue weighted by atomic mass is 9.94. The Hall–Kier alpha value is -4.79. The molecule has 5 rings (SSSR count). The van der Waals surface area contributed by atoms with Crippen molar-refractivity contribution in [3.63, 3.8) is 0 Å². The summed E-state index contributed by atoms with van der Waals surface area (Å²) in [7, 11) is 5.43. The molecular formula is C31H32N4O5. The van der Waals surface area contributed by atoms with Gasteiger partial charge in [-0.1, -0.05) is 12.1 Å². The van der Waals surface area contributed by atoms with Gasteiger partial charge in [-0.3, -0.25) is 14.5 Å². The van der Waals surface area contributed by atoms with E-state index in [2.05, 4.69) is 9.97 Å². The molecule has 0 spiro atoms. The number of hydrogen-bond acceptors (Lipinski definition) is 7. The Bertz CT molecular complexity index is 1640. The molecular weight excluding hydrogens is 508 g/mol. The quantitative estimate of drug-likeness (QED) is 0.185. The van der Waals surface area contributed by atoms with Crippen LogP contribution in [0.15, 0.2) is 66.2 Å². The van der Waals surface area contributed by atoms with Gasteiger partial charge in [-0.05, 0) is 74.4 Å². The second-order valence-corrected chi connectivity index (χ2v) is 10.2. The third-order valence-corrected chi connectivity index (χ3v) is 6.89. The standard InChI is InChI=1S/C31H32N4O5/c1-17(2)40-25-14-9-20(15-18(25)3)28(36)26-27(19-7-10-21(11-8-19)34(4)5)35(30(38)29(26)37)31-32-23-13-12-22(39-6)16-24(23)33-31/h7-17,27,36H,1-6H3,(H,32,33)/b28-26+. The molecule has 9 heteroatoms. The molecule has 1 unspecified atom stereocenters. The zero-order chi connectivity index (χ0) is 28.7. The number of carbonyl (C=O) groups is 2. The van der Waals surface area contributed by atoms with E-state index in [4.69, 9.17) is 9.47 Å². The minimum atomic E-state index is -0.912. The molecule has 1 atom stereocenters. The molecule has 9 nitrogen and oxygen atoms in total. The van der Waals surface area contributed by atoms with E-state index in [-0.39, 0.29) is 23.4 Å². The minimum Gasteiger partial charge on any atom is -0.507 e. The highest BCUT2D eigenvalue weighted by Gasteiger charge is 2.48. The molecule has 1 aliphatic rings. The van der Waals surface area contributed by atoms with Crippen LogP contribution in [0.1, 0.15) is 36.6 Å². The minimum absolute atomic E-state index is 0.0161. The largest absolute Gasteiger partial charge is 0.507 e. The van der Waals surface area contributed by atoms with E-state index in [0.717, 1.165) is 11.3 Å². The Morgan fingerprint density at radius 3 is 2.40 bits per heavy atom. The number of hydrogen-bond donors (Lipinski definition) is 2. The monoisotopic (exact) mass is 540 g/mol.